The van der Waals surface area contributed by atoms with E-state index in [9.17, 15) is 4.79 Å². The number of carbonyl (C=O) groups is 1. The molecule has 3 heteroatoms. The summed E-state index contributed by atoms with van der Waals surface area (Å²) >= 11 is 0. The topological polar surface area (TPSA) is 33.2 Å². The zero-order valence-electron chi connectivity index (χ0n) is 14.5. The van der Waals surface area contributed by atoms with Crippen LogP contribution in [0.5, 0.6) is 0 Å². The van der Waals surface area contributed by atoms with Crippen molar-refractivity contribution in [2.45, 2.75) is 0 Å². The van der Waals surface area contributed by atoms with Gasteiger partial charge in [-0.25, -0.2) is 0 Å². The zero-order valence-corrected chi connectivity index (χ0v) is 14.5. The highest BCUT2D eigenvalue weighted by Gasteiger charge is 2.34. The molecule has 0 N–H and O–H groups in total. The number of benzene rings is 3. The Morgan fingerprint density at radius 2 is 1.48 bits per heavy atom. The molecule has 0 saturated heterocycles. The largest absolute Gasteiger partial charge is 0.274 e. The zero-order chi connectivity index (χ0) is 18.2. The minimum atomic E-state index is -0.0223. The molecule has 128 valence electrons. The Morgan fingerprint density at radius 3 is 2.33 bits per heavy atom. The van der Waals surface area contributed by atoms with E-state index in [-0.39, 0.29) is 5.91 Å². The lowest BCUT2D eigenvalue weighted by Crippen LogP contribution is -2.22. The van der Waals surface area contributed by atoms with E-state index in [1.165, 1.54) is 0 Å². The van der Waals surface area contributed by atoms with E-state index in [0.717, 1.165) is 33.4 Å². The molecule has 0 aliphatic carbocycles. The van der Waals surface area contributed by atoms with Crippen LogP contribution < -0.4 is 4.90 Å². The number of rotatable bonds is 2. The van der Waals surface area contributed by atoms with Gasteiger partial charge in [-0.2, -0.15) is 0 Å². The normalized spacial score (nSPS) is 14.7. The Kier molecular flexibility index (Phi) is 3.58. The van der Waals surface area contributed by atoms with Crippen LogP contribution in [0, 0.1) is 0 Å². The first kappa shape index (κ1) is 15.5. The van der Waals surface area contributed by atoms with Gasteiger partial charge in [-0.3, -0.25) is 14.7 Å². The number of pyridine rings is 1. The molecule has 1 aliphatic rings. The number of carbonyl (C=O) groups excluding carboxylic acids is 1. The van der Waals surface area contributed by atoms with Crippen LogP contribution in [0.15, 0.2) is 91.1 Å². The summed E-state index contributed by atoms with van der Waals surface area (Å²) in [6.45, 7) is 0. The predicted molar refractivity (Wildman–Crippen MR) is 109 cm³/mol. The van der Waals surface area contributed by atoms with Gasteiger partial charge in [0.25, 0.3) is 5.91 Å². The lowest BCUT2D eigenvalue weighted by Gasteiger charge is -2.20. The van der Waals surface area contributed by atoms with Crippen LogP contribution in [0.2, 0.25) is 0 Å². The van der Waals surface area contributed by atoms with Crippen molar-refractivity contribution in [3.63, 3.8) is 0 Å². The van der Waals surface area contributed by atoms with Crippen molar-refractivity contribution in [3.8, 4) is 0 Å². The van der Waals surface area contributed by atoms with Crippen molar-refractivity contribution in [1.29, 1.82) is 0 Å². The van der Waals surface area contributed by atoms with Crippen LogP contribution in [0.4, 0.5) is 5.69 Å². The van der Waals surface area contributed by atoms with E-state index in [0.29, 0.717) is 5.56 Å². The molecule has 2 heterocycles. The van der Waals surface area contributed by atoms with E-state index in [2.05, 4.69) is 11.1 Å². The third-order valence-corrected chi connectivity index (χ3v) is 4.83. The van der Waals surface area contributed by atoms with Gasteiger partial charge in [0.2, 0.25) is 0 Å². The SMILES string of the molecule is O=C1c2ccccc2C(=Cc2ccccc2)N1c1cccc2cccnc12. The number of aromatic nitrogens is 1. The number of para-hydroxylation sites is 1. The van der Waals surface area contributed by atoms with Crippen molar-refractivity contribution in [2.75, 3.05) is 4.90 Å². The summed E-state index contributed by atoms with van der Waals surface area (Å²) in [5, 5.41) is 1.01. The average Bonchev–Trinajstić information content (AvgIpc) is 3.00. The molecule has 0 bridgehead atoms. The van der Waals surface area contributed by atoms with Gasteiger partial charge in [0.1, 0.15) is 0 Å². The van der Waals surface area contributed by atoms with Crippen molar-refractivity contribution >= 4 is 34.3 Å². The first-order chi connectivity index (χ1) is 13.3. The highest BCUT2D eigenvalue weighted by Crippen LogP contribution is 2.40. The van der Waals surface area contributed by atoms with Crippen LogP contribution >= 0.6 is 0 Å². The smallest absolute Gasteiger partial charge is 0.263 e. The van der Waals surface area contributed by atoms with Crippen molar-refractivity contribution in [1.82, 2.24) is 4.98 Å². The van der Waals surface area contributed by atoms with Crippen LogP contribution in [-0.2, 0) is 0 Å². The van der Waals surface area contributed by atoms with Crippen LogP contribution in [0.1, 0.15) is 21.5 Å². The van der Waals surface area contributed by atoms with E-state index in [4.69, 9.17) is 0 Å². The second-order valence-electron chi connectivity index (χ2n) is 6.48. The van der Waals surface area contributed by atoms with Crippen molar-refractivity contribution in [3.05, 3.63) is 108 Å². The molecular formula is C24H16N2O. The fraction of sp³-hybridized carbons (Fsp3) is 0. The van der Waals surface area contributed by atoms with E-state index in [1.54, 1.807) is 11.1 Å². The monoisotopic (exact) mass is 348 g/mol. The maximum atomic E-state index is 13.3. The number of fused-ring (bicyclic) bond motifs is 2. The minimum absolute atomic E-state index is 0.0223. The maximum absolute atomic E-state index is 13.3. The van der Waals surface area contributed by atoms with E-state index >= 15 is 0 Å². The molecule has 0 atom stereocenters. The lowest BCUT2D eigenvalue weighted by atomic mass is 10.1. The summed E-state index contributed by atoms with van der Waals surface area (Å²) in [5.74, 6) is -0.0223. The fourth-order valence-corrected chi connectivity index (χ4v) is 3.60. The number of hydrogen-bond acceptors (Lipinski definition) is 2. The van der Waals surface area contributed by atoms with Crippen LogP contribution in [-0.4, -0.2) is 10.9 Å². The quantitative estimate of drug-likeness (QED) is 0.486. The Morgan fingerprint density at radius 1 is 0.741 bits per heavy atom. The number of hydrogen-bond donors (Lipinski definition) is 0. The number of nitrogens with zero attached hydrogens (tertiary/aromatic N) is 2. The lowest BCUT2D eigenvalue weighted by molar-refractivity contribution is 0.101. The maximum Gasteiger partial charge on any atom is 0.263 e. The van der Waals surface area contributed by atoms with Crippen molar-refractivity contribution in [2.24, 2.45) is 0 Å². The average molecular weight is 348 g/mol. The Balaban J connectivity index is 1.77. The summed E-state index contributed by atoms with van der Waals surface area (Å²) in [7, 11) is 0. The number of amides is 1. The first-order valence-electron chi connectivity index (χ1n) is 8.87. The first-order valence-corrected chi connectivity index (χ1v) is 8.87. The van der Waals surface area contributed by atoms with Gasteiger partial charge in [-0.15, -0.1) is 0 Å². The molecule has 0 radical (unpaired) electrons. The Labute approximate surface area is 157 Å². The highest BCUT2D eigenvalue weighted by atomic mass is 16.2. The molecule has 3 aromatic carbocycles. The second-order valence-corrected chi connectivity index (χ2v) is 6.48. The van der Waals surface area contributed by atoms with Gasteiger partial charge in [0.05, 0.1) is 16.9 Å². The molecule has 1 aromatic heterocycles. The van der Waals surface area contributed by atoms with Gasteiger partial charge in [-0.05, 0) is 29.8 Å². The van der Waals surface area contributed by atoms with Gasteiger partial charge < -0.3 is 0 Å². The second kappa shape index (κ2) is 6.22. The molecule has 0 spiro atoms. The number of anilines is 1. The molecule has 4 aromatic rings. The molecule has 0 unspecified atom stereocenters. The molecule has 0 saturated carbocycles. The van der Waals surface area contributed by atoms with E-state index in [1.807, 2.05) is 84.9 Å². The molecular weight excluding hydrogens is 332 g/mol. The fourth-order valence-electron chi connectivity index (χ4n) is 3.60. The molecule has 5 rings (SSSR count). The molecule has 1 aliphatic heterocycles. The summed E-state index contributed by atoms with van der Waals surface area (Å²) in [5.41, 5.74) is 5.21. The summed E-state index contributed by atoms with van der Waals surface area (Å²) in [6, 6.07) is 27.7. The van der Waals surface area contributed by atoms with Gasteiger partial charge in [0, 0.05) is 22.7 Å². The minimum Gasteiger partial charge on any atom is -0.274 e. The standard InChI is InChI=1S/C24H16N2O/c27-24-20-13-5-4-12-19(20)22(16-17-8-2-1-3-9-17)26(24)21-14-6-10-18-11-7-15-25-23(18)21/h1-16H. The van der Waals surface area contributed by atoms with Gasteiger partial charge >= 0.3 is 0 Å². The third-order valence-electron chi connectivity index (χ3n) is 4.83. The van der Waals surface area contributed by atoms with Crippen LogP contribution in [0.25, 0.3) is 22.7 Å². The predicted octanol–water partition coefficient (Wildman–Crippen LogP) is 5.39. The Bertz CT molecular complexity index is 1190. The summed E-state index contributed by atoms with van der Waals surface area (Å²) in [4.78, 5) is 19.6. The highest BCUT2D eigenvalue weighted by molar-refractivity contribution is 6.26. The molecule has 0 fully saturated rings. The van der Waals surface area contributed by atoms with Gasteiger partial charge in [-0.1, -0.05) is 66.7 Å². The van der Waals surface area contributed by atoms with E-state index < -0.39 is 0 Å². The van der Waals surface area contributed by atoms with Gasteiger partial charge in [0.15, 0.2) is 0 Å². The molecule has 1 amide bonds. The molecule has 27 heavy (non-hydrogen) atoms. The third kappa shape index (κ3) is 2.52. The summed E-state index contributed by atoms with van der Waals surface area (Å²) in [6.07, 6.45) is 3.83. The Hall–Kier alpha value is -3.72. The summed E-state index contributed by atoms with van der Waals surface area (Å²) < 4.78 is 0. The van der Waals surface area contributed by atoms with Crippen molar-refractivity contribution < 1.29 is 4.79 Å². The molecule has 3 nitrogen and oxygen atoms in total. The van der Waals surface area contributed by atoms with Crippen LogP contribution in [0.3, 0.4) is 0 Å².